The molecule has 1 N–H and O–H groups in total. The van der Waals surface area contributed by atoms with Crippen LogP contribution in [0.1, 0.15) is 18.4 Å². The van der Waals surface area contributed by atoms with Gasteiger partial charge in [0.05, 0.1) is 6.61 Å². The van der Waals surface area contributed by atoms with Crippen LogP contribution in [0.15, 0.2) is 48.0 Å². The van der Waals surface area contributed by atoms with Crippen LogP contribution in [0.3, 0.4) is 0 Å². The molecule has 0 unspecified atom stereocenters. The lowest BCUT2D eigenvalue weighted by Crippen LogP contribution is -2.05. The molecule has 1 heterocycles. The zero-order valence-corrected chi connectivity index (χ0v) is 12.8. The van der Waals surface area contributed by atoms with Gasteiger partial charge in [0, 0.05) is 23.0 Å². The number of aliphatic imine (C=N–C) groups is 1. The quantitative estimate of drug-likeness (QED) is 0.608. The smallest absolute Gasteiger partial charge is 0.243 e. The highest BCUT2D eigenvalue weighted by molar-refractivity contribution is 5.83. The molecule has 118 valence electrons. The van der Waals surface area contributed by atoms with E-state index in [2.05, 4.69) is 28.6 Å². The van der Waals surface area contributed by atoms with Crippen LogP contribution in [0.2, 0.25) is 0 Å². The highest BCUT2D eigenvalue weighted by Crippen LogP contribution is 2.36. The normalized spacial score (nSPS) is 13.4. The van der Waals surface area contributed by atoms with E-state index in [9.17, 15) is 4.39 Å². The van der Waals surface area contributed by atoms with Gasteiger partial charge in [0.15, 0.2) is 0 Å². The van der Waals surface area contributed by atoms with Crippen LogP contribution >= 0.6 is 0 Å². The SMILES string of the molecule is C=Nc1c(C(=C)Nc2ccccc2)cc(F)nc1OCC1CC1. The summed E-state index contributed by atoms with van der Waals surface area (Å²) in [5, 5.41) is 3.13. The number of rotatable bonds is 7. The molecule has 1 aromatic carbocycles. The summed E-state index contributed by atoms with van der Waals surface area (Å²) in [5.41, 5.74) is 2.25. The van der Waals surface area contributed by atoms with Crippen molar-refractivity contribution in [3.05, 3.63) is 54.5 Å². The Balaban J connectivity index is 1.87. The molecule has 1 aliphatic rings. The Labute approximate surface area is 134 Å². The molecular weight excluding hydrogens is 293 g/mol. The van der Waals surface area contributed by atoms with Gasteiger partial charge in [-0.2, -0.15) is 9.37 Å². The molecule has 1 saturated carbocycles. The fourth-order valence-electron chi connectivity index (χ4n) is 2.21. The minimum Gasteiger partial charge on any atom is -0.476 e. The van der Waals surface area contributed by atoms with Crippen molar-refractivity contribution in [1.29, 1.82) is 0 Å². The zero-order valence-electron chi connectivity index (χ0n) is 12.8. The molecule has 1 aliphatic carbocycles. The average molecular weight is 311 g/mol. The molecule has 1 aromatic heterocycles. The van der Waals surface area contributed by atoms with E-state index in [1.807, 2.05) is 30.3 Å². The molecule has 1 fully saturated rings. The Bertz CT molecular complexity index is 727. The van der Waals surface area contributed by atoms with Crippen molar-refractivity contribution in [2.45, 2.75) is 12.8 Å². The molecular formula is C18H18FN3O. The van der Waals surface area contributed by atoms with E-state index in [0.29, 0.717) is 29.5 Å². The van der Waals surface area contributed by atoms with E-state index in [0.717, 1.165) is 18.5 Å². The predicted octanol–water partition coefficient (Wildman–Crippen LogP) is 4.42. The minimum atomic E-state index is -0.630. The second-order valence-corrected chi connectivity index (χ2v) is 5.53. The number of hydrogen-bond donors (Lipinski definition) is 1. The number of halogens is 1. The maximum atomic E-state index is 13.9. The van der Waals surface area contributed by atoms with Crippen LogP contribution in [0.4, 0.5) is 15.8 Å². The molecule has 3 rings (SSSR count). The lowest BCUT2D eigenvalue weighted by atomic mass is 10.1. The topological polar surface area (TPSA) is 46.5 Å². The predicted molar refractivity (Wildman–Crippen MR) is 90.7 cm³/mol. The number of benzene rings is 1. The molecule has 0 spiro atoms. The summed E-state index contributed by atoms with van der Waals surface area (Å²) < 4.78 is 19.5. The fourth-order valence-corrected chi connectivity index (χ4v) is 2.21. The third kappa shape index (κ3) is 3.74. The van der Waals surface area contributed by atoms with Gasteiger partial charge in [-0.15, -0.1) is 0 Å². The average Bonchev–Trinajstić information content (AvgIpc) is 3.37. The lowest BCUT2D eigenvalue weighted by Gasteiger charge is -2.15. The van der Waals surface area contributed by atoms with Crippen LogP contribution in [0.25, 0.3) is 5.70 Å². The third-order valence-corrected chi connectivity index (χ3v) is 3.63. The van der Waals surface area contributed by atoms with Gasteiger partial charge in [-0.1, -0.05) is 24.8 Å². The molecule has 0 bridgehead atoms. The van der Waals surface area contributed by atoms with Crippen LogP contribution in [0.5, 0.6) is 5.88 Å². The van der Waals surface area contributed by atoms with E-state index < -0.39 is 5.95 Å². The van der Waals surface area contributed by atoms with Crippen molar-refractivity contribution in [3.8, 4) is 5.88 Å². The Hall–Kier alpha value is -2.69. The van der Waals surface area contributed by atoms with E-state index in [4.69, 9.17) is 4.74 Å². The summed E-state index contributed by atoms with van der Waals surface area (Å²) in [6, 6.07) is 10.8. The van der Waals surface area contributed by atoms with Crippen molar-refractivity contribution in [3.63, 3.8) is 0 Å². The van der Waals surface area contributed by atoms with Crippen LogP contribution in [-0.2, 0) is 0 Å². The first-order valence-electron chi connectivity index (χ1n) is 7.49. The molecule has 23 heavy (non-hydrogen) atoms. The van der Waals surface area contributed by atoms with Crippen molar-refractivity contribution in [2.75, 3.05) is 11.9 Å². The highest BCUT2D eigenvalue weighted by Gasteiger charge is 2.24. The molecule has 0 saturated heterocycles. The number of ether oxygens (including phenoxy) is 1. The van der Waals surface area contributed by atoms with Crippen LogP contribution in [-0.4, -0.2) is 18.3 Å². The molecule has 4 nitrogen and oxygen atoms in total. The zero-order chi connectivity index (χ0) is 16.2. The molecule has 0 atom stereocenters. The highest BCUT2D eigenvalue weighted by atomic mass is 19.1. The fraction of sp³-hybridized carbons (Fsp3) is 0.222. The van der Waals surface area contributed by atoms with Gasteiger partial charge < -0.3 is 10.1 Å². The molecule has 0 aliphatic heterocycles. The second-order valence-electron chi connectivity index (χ2n) is 5.53. The number of para-hydroxylation sites is 1. The summed E-state index contributed by atoms with van der Waals surface area (Å²) in [6.45, 7) is 8.05. The number of anilines is 1. The Morgan fingerprint density at radius 1 is 1.35 bits per heavy atom. The van der Waals surface area contributed by atoms with Crippen molar-refractivity contribution in [2.24, 2.45) is 10.9 Å². The molecule has 0 radical (unpaired) electrons. The Morgan fingerprint density at radius 3 is 2.74 bits per heavy atom. The second kappa shape index (κ2) is 6.60. The monoisotopic (exact) mass is 311 g/mol. The first-order valence-corrected chi connectivity index (χ1v) is 7.49. The largest absolute Gasteiger partial charge is 0.476 e. The minimum absolute atomic E-state index is 0.165. The van der Waals surface area contributed by atoms with Gasteiger partial charge in [-0.25, -0.2) is 0 Å². The maximum Gasteiger partial charge on any atom is 0.243 e. The Kier molecular flexibility index (Phi) is 4.37. The number of nitrogens with one attached hydrogen (secondary N) is 1. The van der Waals surface area contributed by atoms with Crippen LogP contribution in [0, 0.1) is 11.9 Å². The molecule has 2 aromatic rings. The van der Waals surface area contributed by atoms with Gasteiger partial charge in [-0.3, -0.25) is 4.99 Å². The standard InChI is InChI=1S/C18H18FN3O/c1-12(21-14-6-4-3-5-7-14)15-10-16(19)22-18(17(15)20-2)23-11-13-8-9-13/h3-7,10,13,21H,1-2,8-9,11H2. The molecule has 0 amide bonds. The van der Waals surface area contributed by atoms with E-state index in [1.165, 1.54) is 6.07 Å². The van der Waals surface area contributed by atoms with Crippen molar-refractivity contribution >= 4 is 23.8 Å². The number of aromatic nitrogens is 1. The van der Waals surface area contributed by atoms with Crippen molar-refractivity contribution in [1.82, 2.24) is 4.98 Å². The van der Waals surface area contributed by atoms with Gasteiger partial charge in [0.1, 0.15) is 5.69 Å². The summed E-state index contributed by atoms with van der Waals surface area (Å²) >= 11 is 0. The summed E-state index contributed by atoms with van der Waals surface area (Å²) in [4.78, 5) is 7.77. The van der Waals surface area contributed by atoms with Gasteiger partial charge >= 0.3 is 0 Å². The number of hydrogen-bond acceptors (Lipinski definition) is 4. The maximum absolute atomic E-state index is 13.9. The summed E-state index contributed by atoms with van der Waals surface area (Å²) in [7, 11) is 0. The number of nitrogens with zero attached hydrogens (tertiary/aromatic N) is 2. The lowest BCUT2D eigenvalue weighted by molar-refractivity contribution is 0.285. The summed E-state index contributed by atoms with van der Waals surface area (Å²) in [6.07, 6.45) is 2.28. The Morgan fingerprint density at radius 2 is 2.09 bits per heavy atom. The van der Waals surface area contributed by atoms with Gasteiger partial charge in [0.2, 0.25) is 11.8 Å². The van der Waals surface area contributed by atoms with Gasteiger partial charge in [-0.05, 0) is 37.6 Å². The summed E-state index contributed by atoms with van der Waals surface area (Å²) in [5.74, 6) is 0.0685. The first-order chi connectivity index (χ1) is 11.2. The third-order valence-electron chi connectivity index (χ3n) is 3.63. The molecule has 5 heteroatoms. The van der Waals surface area contributed by atoms with Crippen LogP contribution < -0.4 is 10.1 Å². The van der Waals surface area contributed by atoms with E-state index >= 15 is 0 Å². The first kappa shape index (κ1) is 15.2. The van der Waals surface area contributed by atoms with E-state index in [1.54, 1.807) is 0 Å². The number of pyridine rings is 1. The van der Waals surface area contributed by atoms with Crippen molar-refractivity contribution < 1.29 is 9.13 Å². The van der Waals surface area contributed by atoms with Gasteiger partial charge in [0.25, 0.3) is 0 Å². The van der Waals surface area contributed by atoms with E-state index in [-0.39, 0.29) is 5.88 Å².